The van der Waals surface area contributed by atoms with E-state index in [0.29, 0.717) is 18.0 Å². The van der Waals surface area contributed by atoms with E-state index in [2.05, 4.69) is 27.4 Å². The molecule has 0 saturated carbocycles. The summed E-state index contributed by atoms with van der Waals surface area (Å²) >= 11 is 0. The molecular formula is C20H33FN4O. The number of nitrogens with zero attached hydrogens (tertiary/aromatic N) is 2. The van der Waals surface area contributed by atoms with Crippen molar-refractivity contribution in [2.45, 2.75) is 33.2 Å². The van der Waals surface area contributed by atoms with Gasteiger partial charge in [-0.1, -0.05) is 12.1 Å². The normalized spacial score (nSPS) is 16.7. The number of nitrogens with one attached hydrogen (secondary N) is 2. The van der Waals surface area contributed by atoms with Crippen molar-refractivity contribution in [2.75, 3.05) is 46.4 Å². The summed E-state index contributed by atoms with van der Waals surface area (Å²) in [5.74, 6) is 1.33. The van der Waals surface area contributed by atoms with Crippen molar-refractivity contribution >= 4 is 5.96 Å². The third-order valence-electron chi connectivity index (χ3n) is 4.86. The topological polar surface area (TPSA) is 48.9 Å². The third kappa shape index (κ3) is 6.92. The molecule has 1 aromatic carbocycles. The van der Waals surface area contributed by atoms with E-state index in [1.54, 1.807) is 20.1 Å². The lowest BCUT2D eigenvalue weighted by Crippen LogP contribution is -2.43. The fraction of sp³-hybridized carbons (Fsp3) is 0.650. The second-order valence-corrected chi connectivity index (χ2v) is 6.94. The van der Waals surface area contributed by atoms with Gasteiger partial charge in [0.15, 0.2) is 5.96 Å². The molecule has 0 radical (unpaired) electrons. The van der Waals surface area contributed by atoms with E-state index in [0.717, 1.165) is 50.9 Å². The van der Waals surface area contributed by atoms with Gasteiger partial charge in [0, 0.05) is 26.7 Å². The summed E-state index contributed by atoms with van der Waals surface area (Å²) in [7, 11) is 1.76. The Balaban J connectivity index is 1.79. The van der Waals surface area contributed by atoms with E-state index in [1.165, 1.54) is 18.9 Å². The molecule has 6 heteroatoms. The number of piperidine rings is 1. The van der Waals surface area contributed by atoms with Gasteiger partial charge in [0.2, 0.25) is 0 Å². The summed E-state index contributed by atoms with van der Waals surface area (Å²) in [5, 5.41) is 6.76. The largest absolute Gasteiger partial charge is 0.383 e. The van der Waals surface area contributed by atoms with E-state index in [-0.39, 0.29) is 5.82 Å². The summed E-state index contributed by atoms with van der Waals surface area (Å²) in [4.78, 5) is 7.11. The zero-order chi connectivity index (χ0) is 18.8. The highest BCUT2D eigenvalue weighted by Crippen LogP contribution is 2.16. The number of guanidine groups is 1. The number of aryl methyl sites for hydroxylation is 1. The maximum absolute atomic E-state index is 13.4. The molecule has 1 fully saturated rings. The van der Waals surface area contributed by atoms with Crippen molar-refractivity contribution in [1.82, 2.24) is 15.5 Å². The standard InChI is InChI=1S/C20H33FN4O/c1-4-22-20(24-15-18-5-6-19(21)16(2)13-18)23-14-17-7-9-25(10-8-17)11-12-26-3/h5-6,13,17H,4,7-12,14-15H2,1-3H3,(H2,22,23,24). The molecule has 1 saturated heterocycles. The smallest absolute Gasteiger partial charge is 0.191 e. The van der Waals surface area contributed by atoms with Crippen LogP contribution in [0, 0.1) is 18.7 Å². The molecule has 0 amide bonds. The van der Waals surface area contributed by atoms with Gasteiger partial charge in [0.05, 0.1) is 13.2 Å². The zero-order valence-electron chi connectivity index (χ0n) is 16.4. The van der Waals surface area contributed by atoms with Crippen molar-refractivity contribution in [2.24, 2.45) is 10.9 Å². The van der Waals surface area contributed by atoms with Crippen LogP contribution in [-0.4, -0.2) is 57.3 Å². The molecule has 1 aliphatic rings. The average molecular weight is 365 g/mol. The Morgan fingerprint density at radius 1 is 1.31 bits per heavy atom. The van der Waals surface area contributed by atoms with Gasteiger partial charge in [-0.05, 0) is 62.9 Å². The maximum atomic E-state index is 13.4. The lowest BCUT2D eigenvalue weighted by Gasteiger charge is -2.32. The highest BCUT2D eigenvalue weighted by molar-refractivity contribution is 5.79. The summed E-state index contributed by atoms with van der Waals surface area (Å²) in [6.07, 6.45) is 2.40. The van der Waals surface area contributed by atoms with Gasteiger partial charge in [-0.3, -0.25) is 0 Å². The molecule has 0 atom stereocenters. The Morgan fingerprint density at radius 3 is 2.73 bits per heavy atom. The summed E-state index contributed by atoms with van der Waals surface area (Å²) in [5.41, 5.74) is 1.68. The average Bonchev–Trinajstić information content (AvgIpc) is 2.66. The van der Waals surface area contributed by atoms with Crippen LogP contribution < -0.4 is 10.6 Å². The molecule has 0 aliphatic carbocycles. The minimum Gasteiger partial charge on any atom is -0.383 e. The first-order chi connectivity index (χ1) is 12.6. The molecule has 0 spiro atoms. The quantitative estimate of drug-likeness (QED) is 0.550. The van der Waals surface area contributed by atoms with Crippen molar-refractivity contribution in [1.29, 1.82) is 0 Å². The van der Waals surface area contributed by atoms with Crippen molar-refractivity contribution < 1.29 is 9.13 Å². The zero-order valence-corrected chi connectivity index (χ0v) is 16.4. The molecule has 26 heavy (non-hydrogen) atoms. The summed E-state index contributed by atoms with van der Waals surface area (Å²) in [6, 6.07) is 5.17. The van der Waals surface area contributed by atoms with Crippen LogP contribution in [0.5, 0.6) is 0 Å². The summed E-state index contributed by atoms with van der Waals surface area (Å²) in [6.45, 7) is 10.3. The van der Waals surface area contributed by atoms with Gasteiger partial charge < -0.3 is 20.3 Å². The molecule has 146 valence electrons. The lowest BCUT2D eigenvalue weighted by molar-refractivity contribution is 0.121. The van der Waals surface area contributed by atoms with Crippen molar-refractivity contribution in [3.63, 3.8) is 0 Å². The number of hydrogen-bond acceptors (Lipinski definition) is 3. The van der Waals surface area contributed by atoms with Gasteiger partial charge in [-0.2, -0.15) is 0 Å². The van der Waals surface area contributed by atoms with E-state index in [9.17, 15) is 4.39 Å². The Bertz CT molecular complexity index is 571. The first-order valence-corrected chi connectivity index (χ1v) is 9.60. The molecule has 0 aromatic heterocycles. The second kappa shape index (κ2) is 11.1. The number of aliphatic imine (C=N–C) groups is 1. The number of methoxy groups -OCH3 is 1. The van der Waals surface area contributed by atoms with Gasteiger partial charge in [0.1, 0.15) is 5.82 Å². The van der Waals surface area contributed by atoms with Crippen LogP contribution in [0.15, 0.2) is 23.2 Å². The Morgan fingerprint density at radius 2 is 2.08 bits per heavy atom. The number of halogens is 1. The lowest BCUT2D eigenvalue weighted by atomic mass is 9.97. The SMILES string of the molecule is CCNC(=NCc1ccc(F)c(C)c1)NCC1CCN(CCOC)CC1. The molecule has 5 nitrogen and oxygen atoms in total. The predicted octanol–water partition coefficient (Wildman–Crippen LogP) is 2.55. The van der Waals surface area contributed by atoms with E-state index in [1.807, 2.05) is 6.07 Å². The molecule has 1 aliphatic heterocycles. The maximum Gasteiger partial charge on any atom is 0.191 e. The molecule has 1 heterocycles. The van der Waals surface area contributed by atoms with Crippen molar-refractivity contribution in [3.8, 4) is 0 Å². The van der Waals surface area contributed by atoms with Gasteiger partial charge in [-0.15, -0.1) is 0 Å². The highest BCUT2D eigenvalue weighted by atomic mass is 19.1. The van der Waals surface area contributed by atoms with Gasteiger partial charge in [0.25, 0.3) is 0 Å². The molecule has 2 rings (SSSR count). The van der Waals surface area contributed by atoms with Crippen LogP contribution in [-0.2, 0) is 11.3 Å². The van der Waals surface area contributed by atoms with Crippen LogP contribution in [0.3, 0.4) is 0 Å². The first kappa shape index (κ1) is 20.6. The molecule has 0 bridgehead atoms. The molecular weight excluding hydrogens is 331 g/mol. The molecule has 0 unspecified atom stereocenters. The number of benzene rings is 1. The van der Waals surface area contributed by atoms with Gasteiger partial charge >= 0.3 is 0 Å². The second-order valence-electron chi connectivity index (χ2n) is 6.94. The monoisotopic (exact) mass is 364 g/mol. The highest BCUT2D eigenvalue weighted by Gasteiger charge is 2.18. The number of rotatable bonds is 8. The Kier molecular flexibility index (Phi) is 8.85. The van der Waals surface area contributed by atoms with Crippen molar-refractivity contribution in [3.05, 3.63) is 35.1 Å². The minimum absolute atomic E-state index is 0.167. The predicted molar refractivity (Wildman–Crippen MR) is 105 cm³/mol. The minimum atomic E-state index is -0.167. The van der Waals surface area contributed by atoms with Crippen LogP contribution in [0.4, 0.5) is 4.39 Å². The van der Waals surface area contributed by atoms with E-state index >= 15 is 0 Å². The van der Waals surface area contributed by atoms with E-state index in [4.69, 9.17) is 4.74 Å². The molecule has 2 N–H and O–H groups in total. The van der Waals surface area contributed by atoms with Crippen LogP contribution >= 0.6 is 0 Å². The Labute approximate surface area is 157 Å². The fourth-order valence-corrected chi connectivity index (χ4v) is 3.19. The van der Waals surface area contributed by atoms with Crippen LogP contribution in [0.1, 0.15) is 30.9 Å². The van der Waals surface area contributed by atoms with Gasteiger partial charge in [-0.25, -0.2) is 9.38 Å². The molecule has 1 aromatic rings. The number of ether oxygens (including phenoxy) is 1. The number of hydrogen-bond donors (Lipinski definition) is 2. The Hall–Kier alpha value is -1.66. The third-order valence-corrected chi connectivity index (χ3v) is 4.86. The van der Waals surface area contributed by atoms with Crippen LogP contribution in [0.2, 0.25) is 0 Å². The fourth-order valence-electron chi connectivity index (χ4n) is 3.19. The number of likely N-dealkylation sites (tertiary alicyclic amines) is 1. The van der Waals surface area contributed by atoms with E-state index < -0.39 is 0 Å². The summed E-state index contributed by atoms with van der Waals surface area (Å²) < 4.78 is 18.5. The van der Waals surface area contributed by atoms with Crippen LogP contribution in [0.25, 0.3) is 0 Å². The first-order valence-electron chi connectivity index (χ1n) is 9.60.